The summed E-state index contributed by atoms with van der Waals surface area (Å²) < 4.78 is 0. The lowest BCUT2D eigenvalue weighted by Crippen LogP contribution is -2.46. The highest BCUT2D eigenvalue weighted by Crippen LogP contribution is 2.36. The molecule has 2 rings (SSSR count). The van der Waals surface area contributed by atoms with Gasteiger partial charge in [-0.25, -0.2) is 4.98 Å². The SMILES string of the molecule is CCCNC(Cc1ccnc(N)c1)C1SCCSC1CC. The lowest BCUT2D eigenvalue weighted by molar-refractivity contribution is 0.477. The molecule has 118 valence electrons. The van der Waals surface area contributed by atoms with E-state index in [1.165, 1.54) is 29.9 Å². The third-order valence-corrected chi connectivity index (χ3v) is 7.26. The van der Waals surface area contributed by atoms with Crippen molar-refractivity contribution in [3.63, 3.8) is 0 Å². The highest BCUT2D eigenvalue weighted by Gasteiger charge is 2.31. The van der Waals surface area contributed by atoms with E-state index in [-0.39, 0.29) is 0 Å². The quantitative estimate of drug-likeness (QED) is 0.806. The number of nitrogens with zero attached hydrogens (tertiary/aromatic N) is 1. The molecular weight excluding hydrogens is 298 g/mol. The Balaban J connectivity index is 2.09. The van der Waals surface area contributed by atoms with E-state index in [2.05, 4.69) is 53.7 Å². The van der Waals surface area contributed by atoms with Crippen LogP contribution in [0.4, 0.5) is 5.82 Å². The normalized spacial score (nSPS) is 23.9. The molecule has 0 aliphatic carbocycles. The fourth-order valence-electron chi connectivity index (χ4n) is 2.82. The van der Waals surface area contributed by atoms with Gasteiger partial charge in [0.25, 0.3) is 0 Å². The van der Waals surface area contributed by atoms with Crippen molar-refractivity contribution in [1.29, 1.82) is 0 Å². The van der Waals surface area contributed by atoms with E-state index in [9.17, 15) is 0 Å². The molecule has 1 aromatic heterocycles. The molecule has 3 unspecified atom stereocenters. The second-order valence-electron chi connectivity index (χ2n) is 5.51. The van der Waals surface area contributed by atoms with Crippen molar-refractivity contribution in [3.8, 4) is 0 Å². The minimum absolute atomic E-state index is 0.523. The standard InChI is InChI=1S/C16H27N3S2/c1-3-6-18-13(10-12-5-7-19-15(17)11-12)16-14(4-2)20-8-9-21-16/h5,7,11,13-14,16,18H,3-4,6,8-10H2,1-2H3,(H2,17,19). The largest absolute Gasteiger partial charge is 0.384 e. The molecule has 0 amide bonds. The summed E-state index contributed by atoms with van der Waals surface area (Å²) in [5.74, 6) is 3.19. The van der Waals surface area contributed by atoms with E-state index < -0.39 is 0 Å². The maximum atomic E-state index is 5.83. The molecular formula is C16H27N3S2. The van der Waals surface area contributed by atoms with E-state index in [0.29, 0.717) is 17.1 Å². The maximum Gasteiger partial charge on any atom is 0.123 e. The van der Waals surface area contributed by atoms with Crippen molar-refractivity contribution in [2.45, 2.75) is 49.7 Å². The number of rotatable bonds is 7. The minimum atomic E-state index is 0.523. The molecule has 3 N–H and O–H groups in total. The van der Waals surface area contributed by atoms with Crippen LogP contribution in [0.2, 0.25) is 0 Å². The number of pyridine rings is 1. The number of hydrogen-bond donors (Lipinski definition) is 2. The van der Waals surface area contributed by atoms with Crippen LogP contribution < -0.4 is 11.1 Å². The number of hydrogen-bond acceptors (Lipinski definition) is 5. The van der Waals surface area contributed by atoms with E-state index in [1.54, 1.807) is 0 Å². The molecule has 5 heteroatoms. The molecule has 2 heterocycles. The summed E-state index contributed by atoms with van der Waals surface area (Å²) in [5, 5.41) is 5.23. The summed E-state index contributed by atoms with van der Waals surface area (Å²) in [5.41, 5.74) is 7.12. The molecule has 3 nitrogen and oxygen atoms in total. The molecule has 0 saturated carbocycles. The highest BCUT2D eigenvalue weighted by molar-refractivity contribution is 8.07. The summed E-state index contributed by atoms with van der Waals surface area (Å²) in [4.78, 5) is 4.10. The molecule has 1 aliphatic rings. The molecule has 0 spiro atoms. The first-order valence-electron chi connectivity index (χ1n) is 7.91. The average Bonchev–Trinajstić information content (AvgIpc) is 2.51. The van der Waals surface area contributed by atoms with Crippen molar-refractivity contribution in [1.82, 2.24) is 10.3 Å². The summed E-state index contributed by atoms with van der Waals surface area (Å²) in [6, 6.07) is 4.63. The van der Waals surface area contributed by atoms with Crippen molar-refractivity contribution in [2.75, 3.05) is 23.8 Å². The Hall–Kier alpha value is -0.390. The molecule has 1 saturated heterocycles. The van der Waals surface area contributed by atoms with Crippen molar-refractivity contribution in [3.05, 3.63) is 23.9 Å². The number of thioether (sulfide) groups is 2. The maximum absolute atomic E-state index is 5.83. The van der Waals surface area contributed by atoms with Gasteiger partial charge in [0, 0.05) is 34.2 Å². The van der Waals surface area contributed by atoms with Crippen LogP contribution in [-0.4, -0.2) is 39.6 Å². The summed E-state index contributed by atoms with van der Waals surface area (Å²) in [7, 11) is 0. The van der Waals surface area contributed by atoms with Crippen molar-refractivity contribution in [2.24, 2.45) is 0 Å². The Morgan fingerprint density at radius 1 is 1.38 bits per heavy atom. The first kappa shape index (κ1) is 17.0. The van der Waals surface area contributed by atoms with Gasteiger partial charge in [0.1, 0.15) is 5.82 Å². The Morgan fingerprint density at radius 3 is 2.90 bits per heavy atom. The fraction of sp³-hybridized carbons (Fsp3) is 0.688. The minimum Gasteiger partial charge on any atom is -0.384 e. The van der Waals surface area contributed by atoms with Gasteiger partial charge in [0.2, 0.25) is 0 Å². The van der Waals surface area contributed by atoms with Crippen molar-refractivity contribution < 1.29 is 0 Å². The second-order valence-corrected chi connectivity index (χ2v) is 8.14. The predicted octanol–water partition coefficient (Wildman–Crippen LogP) is 3.20. The second kappa shape index (κ2) is 8.91. The third kappa shape index (κ3) is 5.08. The molecule has 1 aliphatic heterocycles. The monoisotopic (exact) mass is 325 g/mol. The summed E-state index contributed by atoms with van der Waals surface area (Å²) in [6.45, 7) is 5.63. The lowest BCUT2D eigenvalue weighted by atomic mass is 10.0. The molecule has 21 heavy (non-hydrogen) atoms. The zero-order chi connectivity index (χ0) is 15.1. The van der Waals surface area contributed by atoms with E-state index >= 15 is 0 Å². The summed E-state index contributed by atoms with van der Waals surface area (Å²) >= 11 is 4.30. The fourth-order valence-corrected chi connectivity index (χ4v) is 6.08. The highest BCUT2D eigenvalue weighted by atomic mass is 32.2. The topological polar surface area (TPSA) is 50.9 Å². The zero-order valence-electron chi connectivity index (χ0n) is 13.0. The number of anilines is 1. The average molecular weight is 326 g/mol. The Morgan fingerprint density at radius 2 is 2.19 bits per heavy atom. The molecule has 0 bridgehead atoms. The number of nitrogens with one attached hydrogen (secondary N) is 1. The van der Waals surface area contributed by atoms with Crippen LogP contribution >= 0.6 is 23.5 Å². The van der Waals surface area contributed by atoms with Gasteiger partial charge in [-0.3, -0.25) is 0 Å². The van der Waals surface area contributed by atoms with Crippen LogP contribution in [-0.2, 0) is 6.42 Å². The molecule has 1 fully saturated rings. The molecule has 0 radical (unpaired) electrons. The first-order valence-corrected chi connectivity index (χ1v) is 10.0. The number of nitrogens with two attached hydrogens (primary N) is 1. The Labute approximate surface area is 137 Å². The number of nitrogen functional groups attached to an aromatic ring is 1. The third-order valence-electron chi connectivity index (χ3n) is 3.85. The van der Waals surface area contributed by atoms with Gasteiger partial charge in [-0.15, -0.1) is 0 Å². The van der Waals surface area contributed by atoms with Gasteiger partial charge in [-0.2, -0.15) is 23.5 Å². The van der Waals surface area contributed by atoms with Crippen LogP contribution in [0.1, 0.15) is 32.3 Å². The van der Waals surface area contributed by atoms with E-state index in [4.69, 9.17) is 5.73 Å². The van der Waals surface area contributed by atoms with Gasteiger partial charge >= 0.3 is 0 Å². The molecule has 1 aromatic rings. The van der Waals surface area contributed by atoms with Gasteiger partial charge in [0.15, 0.2) is 0 Å². The van der Waals surface area contributed by atoms with Gasteiger partial charge < -0.3 is 11.1 Å². The van der Waals surface area contributed by atoms with Crippen LogP contribution in [0.15, 0.2) is 18.3 Å². The molecule has 3 atom stereocenters. The lowest BCUT2D eigenvalue weighted by Gasteiger charge is -2.36. The predicted molar refractivity (Wildman–Crippen MR) is 97.2 cm³/mol. The zero-order valence-corrected chi connectivity index (χ0v) is 14.7. The van der Waals surface area contributed by atoms with Gasteiger partial charge in [0.05, 0.1) is 0 Å². The van der Waals surface area contributed by atoms with E-state index in [1.807, 2.05) is 12.3 Å². The number of aromatic nitrogens is 1. The first-order chi connectivity index (χ1) is 10.2. The summed E-state index contributed by atoms with van der Waals surface area (Å²) in [6.07, 6.45) is 5.30. The van der Waals surface area contributed by atoms with Crippen molar-refractivity contribution >= 4 is 29.3 Å². The van der Waals surface area contributed by atoms with Crippen LogP contribution in [0.3, 0.4) is 0 Å². The smallest absolute Gasteiger partial charge is 0.123 e. The Kier molecular flexibility index (Phi) is 7.20. The van der Waals surface area contributed by atoms with Crippen LogP contribution in [0.5, 0.6) is 0 Å². The van der Waals surface area contributed by atoms with Crippen LogP contribution in [0, 0.1) is 0 Å². The Bertz CT molecular complexity index is 428. The molecule has 0 aromatic carbocycles. The van der Waals surface area contributed by atoms with Gasteiger partial charge in [-0.1, -0.05) is 13.8 Å². The van der Waals surface area contributed by atoms with E-state index in [0.717, 1.165) is 18.2 Å². The van der Waals surface area contributed by atoms with Crippen LogP contribution in [0.25, 0.3) is 0 Å². The van der Waals surface area contributed by atoms with Gasteiger partial charge in [-0.05, 0) is 43.5 Å².